The summed E-state index contributed by atoms with van der Waals surface area (Å²) < 4.78 is 14.8. The van der Waals surface area contributed by atoms with Gasteiger partial charge in [0, 0.05) is 47.1 Å². The number of nitrogens with zero attached hydrogens (tertiary/aromatic N) is 2. The number of carbonyl (C=O) groups excluding carboxylic acids is 1. The summed E-state index contributed by atoms with van der Waals surface area (Å²) in [6, 6.07) is 15.7. The summed E-state index contributed by atoms with van der Waals surface area (Å²) in [6.07, 6.45) is 6.99. The molecule has 1 aliphatic rings. The zero-order valence-electron chi connectivity index (χ0n) is 17.9. The molecule has 8 heteroatoms. The number of benzene rings is 2. The number of halogens is 1. The molecule has 0 radical (unpaired) electrons. The number of hydrogen-bond donors (Lipinski definition) is 1. The minimum absolute atomic E-state index is 0.0295. The van der Waals surface area contributed by atoms with Gasteiger partial charge in [0.2, 0.25) is 5.91 Å². The largest absolute Gasteiger partial charge is 0.345 e. The van der Waals surface area contributed by atoms with Crippen LogP contribution in [0.5, 0.6) is 0 Å². The van der Waals surface area contributed by atoms with E-state index in [2.05, 4.69) is 10.3 Å². The fourth-order valence-corrected chi connectivity index (χ4v) is 4.75. The van der Waals surface area contributed by atoms with Gasteiger partial charge in [0.1, 0.15) is 0 Å². The number of aryl methyl sites for hydroxylation is 1. The maximum Gasteiger partial charge on any atom is 0.221 e. The summed E-state index contributed by atoms with van der Waals surface area (Å²) in [7, 11) is 0. The van der Waals surface area contributed by atoms with E-state index in [0.717, 1.165) is 34.2 Å². The molecule has 2 aromatic carbocycles. The van der Waals surface area contributed by atoms with E-state index in [4.69, 9.17) is 21.1 Å². The number of imidazole rings is 1. The average Bonchev–Trinajstić information content (AvgIpc) is 3.42. The zero-order valence-corrected chi connectivity index (χ0v) is 19.4. The Hall–Kier alpha value is -2.32. The molecule has 0 saturated carbocycles. The lowest BCUT2D eigenvalue weighted by atomic mass is 10.0. The third-order valence-electron chi connectivity index (χ3n) is 5.19. The zero-order chi connectivity index (χ0) is 22.4. The molecule has 0 spiro atoms. The van der Waals surface area contributed by atoms with Gasteiger partial charge >= 0.3 is 0 Å². The Bertz CT molecular complexity index is 1030. The van der Waals surface area contributed by atoms with Crippen molar-refractivity contribution in [3.05, 3.63) is 77.8 Å². The number of amides is 1. The first-order valence-electron chi connectivity index (χ1n) is 10.5. The van der Waals surface area contributed by atoms with Crippen LogP contribution in [0.4, 0.5) is 5.69 Å². The number of hydrogen-bond acceptors (Lipinski definition) is 5. The van der Waals surface area contributed by atoms with Gasteiger partial charge in [0.15, 0.2) is 5.79 Å². The van der Waals surface area contributed by atoms with Gasteiger partial charge in [0.25, 0.3) is 0 Å². The maximum atomic E-state index is 11.3. The molecule has 2 unspecified atom stereocenters. The summed E-state index contributed by atoms with van der Waals surface area (Å²) in [5.74, 6) is -0.0237. The van der Waals surface area contributed by atoms with Gasteiger partial charge in [-0.2, -0.15) is 0 Å². The van der Waals surface area contributed by atoms with Crippen molar-refractivity contribution >= 4 is 35.0 Å². The van der Waals surface area contributed by atoms with E-state index in [0.29, 0.717) is 13.2 Å². The van der Waals surface area contributed by atoms with Crippen molar-refractivity contribution in [2.24, 2.45) is 0 Å². The van der Waals surface area contributed by atoms with E-state index < -0.39 is 5.79 Å². The van der Waals surface area contributed by atoms with Gasteiger partial charge < -0.3 is 19.4 Å². The normalized spacial score (nSPS) is 20.4. The summed E-state index contributed by atoms with van der Waals surface area (Å²) in [5, 5.41) is 3.55. The third kappa shape index (κ3) is 6.36. The summed E-state index contributed by atoms with van der Waals surface area (Å²) in [6.45, 7) is 2.63. The number of aromatic nitrogens is 2. The molecule has 168 valence electrons. The molecule has 2 atom stereocenters. The molecule has 1 fully saturated rings. The standard InChI is InChI=1S/C24H26ClN3O3S/c1-18(29)27-21-3-2-4-23(13-21)32-15-22-14-30-24(31-22,16-28-12-11-26-17-28)10-9-19-5-7-20(25)8-6-19/h2-8,11-13,17,22H,9-10,14-16H2,1H3,(H,27,29). The predicted octanol–water partition coefficient (Wildman–Crippen LogP) is 5.03. The Kier molecular flexibility index (Phi) is 7.52. The van der Waals surface area contributed by atoms with E-state index in [1.165, 1.54) is 12.5 Å². The van der Waals surface area contributed by atoms with Crippen LogP contribution in [0.2, 0.25) is 5.02 Å². The molecular formula is C24H26ClN3O3S. The second-order valence-electron chi connectivity index (χ2n) is 7.84. The SMILES string of the molecule is CC(=O)Nc1cccc(SCC2COC(CCc3ccc(Cl)cc3)(Cn3ccnc3)O2)c1. The molecule has 2 heterocycles. The Morgan fingerprint density at radius 3 is 2.91 bits per heavy atom. The highest BCUT2D eigenvalue weighted by Gasteiger charge is 2.41. The van der Waals surface area contributed by atoms with Gasteiger partial charge in [-0.25, -0.2) is 4.98 Å². The second-order valence-corrected chi connectivity index (χ2v) is 9.37. The first-order chi connectivity index (χ1) is 15.5. The van der Waals surface area contributed by atoms with Crippen LogP contribution in [0.3, 0.4) is 0 Å². The van der Waals surface area contributed by atoms with Gasteiger partial charge in [-0.15, -0.1) is 11.8 Å². The topological polar surface area (TPSA) is 65.4 Å². The molecule has 1 N–H and O–H groups in total. The molecule has 0 bridgehead atoms. The lowest BCUT2D eigenvalue weighted by Crippen LogP contribution is -2.37. The highest BCUT2D eigenvalue weighted by atomic mass is 35.5. The number of thioether (sulfide) groups is 1. The Morgan fingerprint density at radius 2 is 2.16 bits per heavy atom. The average molecular weight is 472 g/mol. The van der Waals surface area contributed by atoms with Gasteiger partial charge in [-0.3, -0.25) is 4.79 Å². The Morgan fingerprint density at radius 1 is 1.31 bits per heavy atom. The van der Waals surface area contributed by atoms with E-state index >= 15 is 0 Å². The number of rotatable bonds is 9. The van der Waals surface area contributed by atoms with Crippen LogP contribution >= 0.6 is 23.4 Å². The van der Waals surface area contributed by atoms with Crippen LogP contribution < -0.4 is 5.32 Å². The first-order valence-corrected chi connectivity index (χ1v) is 11.9. The predicted molar refractivity (Wildman–Crippen MR) is 127 cm³/mol. The lowest BCUT2D eigenvalue weighted by Gasteiger charge is -2.28. The number of nitrogens with one attached hydrogen (secondary N) is 1. The van der Waals surface area contributed by atoms with Crippen LogP contribution in [0.25, 0.3) is 0 Å². The van der Waals surface area contributed by atoms with E-state index in [9.17, 15) is 4.79 Å². The molecule has 1 aliphatic heterocycles. The number of ether oxygens (including phenoxy) is 2. The highest BCUT2D eigenvalue weighted by Crippen LogP contribution is 2.33. The van der Waals surface area contributed by atoms with Gasteiger partial charge in [-0.05, 0) is 42.3 Å². The molecule has 6 nitrogen and oxygen atoms in total. The van der Waals surface area contributed by atoms with Crippen molar-refractivity contribution in [1.82, 2.24) is 9.55 Å². The Balaban J connectivity index is 1.39. The molecule has 1 aromatic heterocycles. The number of anilines is 1. The first kappa shape index (κ1) is 22.9. The maximum absolute atomic E-state index is 11.3. The minimum atomic E-state index is -0.705. The smallest absolute Gasteiger partial charge is 0.221 e. The minimum Gasteiger partial charge on any atom is -0.345 e. The summed E-state index contributed by atoms with van der Waals surface area (Å²) >= 11 is 7.71. The third-order valence-corrected chi connectivity index (χ3v) is 6.57. The highest BCUT2D eigenvalue weighted by molar-refractivity contribution is 7.99. The summed E-state index contributed by atoms with van der Waals surface area (Å²) in [5.41, 5.74) is 1.99. The number of carbonyl (C=O) groups is 1. The molecule has 1 saturated heterocycles. The van der Waals surface area contributed by atoms with Crippen molar-refractivity contribution in [2.45, 2.75) is 43.1 Å². The molecule has 32 heavy (non-hydrogen) atoms. The second kappa shape index (κ2) is 10.5. The monoisotopic (exact) mass is 471 g/mol. The van der Waals surface area contributed by atoms with E-state index in [1.54, 1.807) is 24.3 Å². The van der Waals surface area contributed by atoms with Crippen LogP contribution in [-0.4, -0.2) is 39.7 Å². The van der Waals surface area contributed by atoms with Crippen LogP contribution in [-0.2, 0) is 27.2 Å². The van der Waals surface area contributed by atoms with E-state index in [1.807, 2.05) is 59.3 Å². The molecular weight excluding hydrogens is 446 g/mol. The van der Waals surface area contributed by atoms with Crippen molar-refractivity contribution in [1.29, 1.82) is 0 Å². The quantitative estimate of drug-likeness (QED) is 0.443. The molecule has 4 rings (SSSR count). The van der Waals surface area contributed by atoms with Crippen molar-refractivity contribution in [3.63, 3.8) is 0 Å². The fourth-order valence-electron chi connectivity index (χ4n) is 3.69. The molecule has 3 aromatic rings. The van der Waals surface area contributed by atoms with Gasteiger partial charge in [0.05, 0.1) is 25.6 Å². The lowest BCUT2D eigenvalue weighted by molar-refractivity contribution is -0.180. The molecule has 1 amide bonds. The van der Waals surface area contributed by atoms with Crippen LogP contribution in [0.1, 0.15) is 18.9 Å². The van der Waals surface area contributed by atoms with Crippen LogP contribution in [0, 0.1) is 0 Å². The van der Waals surface area contributed by atoms with Gasteiger partial charge in [-0.1, -0.05) is 29.8 Å². The van der Waals surface area contributed by atoms with Crippen molar-refractivity contribution in [2.75, 3.05) is 17.7 Å². The van der Waals surface area contributed by atoms with Crippen molar-refractivity contribution < 1.29 is 14.3 Å². The fraction of sp³-hybridized carbons (Fsp3) is 0.333. The Labute approximate surface area is 197 Å². The van der Waals surface area contributed by atoms with Crippen LogP contribution in [0.15, 0.2) is 72.1 Å². The van der Waals surface area contributed by atoms with E-state index in [-0.39, 0.29) is 12.0 Å². The van der Waals surface area contributed by atoms with Crippen molar-refractivity contribution in [3.8, 4) is 0 Å². The summed E-state index contributed by atoms with van der Waals surface area (Å²) in [4.78, 5) is 16.5. The molecule has 0 aliphatic carbocycles.